The summed E-state index contributed by atoms with van der Waals surface area (Å²) in [5.41, 5.74) is 5.83. The van der Waals surface area contributed by atoms with Gasteiger partial charge in [-0.15, -0.1) is 12.4 Å². The van der Waals surface area contributed by atoms with Gasteiger partial charge in [-0.2, -0.15) is 0 Å². The van der Waals surface area contributed by atoms with Crippen molar-refractivity contribution in [2.45, 2.75) is 50.0 Å². The third kappa shape index (κ3) is 4.97. The molecule has 1 heterocycles. The normalized spacial score (nSPS) is 17.2. The van der Waals surface area contributed by atoms with E-state index < -0.39 is 15.9 Å². The quantitative estimate of drug-likeness (QED) is 0.767. The maximum Gasteiger partial charge on any atom is 0.287 e. The summed E-state index contributed by atoms with van der Waals surface area (Å²) in [7, 11) is -0.761. The molecule has 1 aromatic rings. The molecule has 1 atom stereocenters. The summed E-state index contributed by atoms with van der Waals surface area (Å²) in [6.07, 6.45) is 5.65. The van der Waals surface area contributed by atoms with Gasteiger partial charge in [-0.1, -0.05) is 19.3 Å². The Hall–Kier alpha value is -1.09. The lowest BCUT2D eigenvalue weighted by molar-refractivity contribution is 0.0886. The number of hydrogen-bond donors (Lipinski definition) is 2. The van der Waals surface area contributed by atoms with Crippen LogP contribution >= 0.6 is 12.4 Å². The average Bonchev–Trinajstić information content (AvgIpc) is 2.95. The topological polar surface area (TPSA) is 106 Å². The average molecular weight is 394 g/mol. The van der Waals surface area contributed by atoms with E-state index in [0.717, 1.165) is 30.0 Å². The van der Waals surface area contributed by atoms with E-state index in [1.54, 1.807) is 0 Å². The van der Waals surface area contributed by atoms with Crippen molar-refractivity contribution in [2.24, 2.45) is 11.7 Å². The van der Waals surface area contributed by atoms with Gasteiger partial charge in [0.05, 0.1) is 0 Å². The van der Waals surface area contributed by atoms with Crippen LogP contribution in [0.2, 0.25) is 0 Å². The predicted molar refractivity (Wildman–Crippen MR) is 98.4 cm³/mol. The number of sulfonamides is 1. The molecule has 0 aliphatic heterocycles. The predicted octanol–water partition coefficient (Wildman–Crippen LogP) is 1.90. The molecule has 1 aliphatic rings. The lowest BCUT2D eigenvalue weighted by Crippen LogP contribution is -2.45. The van der Waals surface area contributed by atoms with Crippen LogP contribution in [0.4, 0.5) is 0 Å². The van der Waals surface area contributed by atoms with Crippen LogP contribution in [0, 0.1) is 12.8 Å². The third-order valence-corrected chi connectivity index (χ3v) is 6.57. The van der Waals surface area contributed by atoms with Crippen LogP contribution in [0.15, 0.2) is 15.4 Å². The number of carbonyl (C=O) groups excluding carboxylic acids is 1. The van der Waals surface area contributed by atoms with Crippen molar-refractivity contribution in [2.75, 3.05) is 20.6 Å². The van der Waals surface area contributed by atoms with Gasteiger partial charge in [0.1, 0.15) is 10.7 Å². The molecule has 0 spiro atoms. The van der Waals surface area contributed by atoms with E-state index >= 15 is 0 Å². The highest BCUT2D eigenvalue weighted by Crippen LogP contribution is 2.27. The lowest BCUT2D eigenvalue weighted by Gasteiger charge is -2.29. The molecule has 1 fully saturated rings. The lowest BCUT2D eigenvalue weighted by atomic mass is 9.84. The number of aryl methyl sites for hydroxylation is 1. The maximum atomic E-state index is 12.5. The molecular formula is C16H28ClN3O4S. The summed E-state index contributed by atoms with van der Waals surface area (Å²) < 4.78 is 30.9. The van der Waals surface area contributed by atoms with E-state index in [4.69, 9.17) is 10.2 Å². The van der Waals surface area contributed by atoms with Gasteiger partial charge in [0.2, 0.25) is 10.0 Å². The van der Waals surface area contributed by atoms with Gasteiger partial charge < -0.3 is 15.5 Å². The summed E-state index contributed by atoms with van der Waals surface area (Å²) in [5, 5.41) is 2.91. The van der Waals surface area contributed by atoms with Crippen molar-refractivity contribution >= 4 is 28.3 Å². The largest absolute Gasteiger partial charge is 0.455 e. The SMILES string of the molecule is Cc1oc(C(=O)NC(CN)C2CCCCC2)cc1S(=O)(=O)N(C)C.Cl. The Morgan fingerprint density at radius 1 is 1.36 bits per heavy atom. The van der Waals surface area contributed by atoms with Gasteiger partial charge in [0.15, 0.2) is 5.76 Å². The molecule has 0 bridgehead atoms. The monoisotopic (exact) mass is 393 g/mol. The van der Waals surface area contributed by atoms with Crippen molar-refractivity contribution in [3.8, 4) is 0 Å². The Bertz CT molecular complexity index is 682. The first-order valence-electron chi connectivity index (χ1n) is 8.31. The summed E-state index contributed by atoms with van der Waals surface area (Å²) in [4.78, 5) is 12.5. The Morgan fingerprint density at radius 3 is 2.48 bits per heavy atom. The fourth-order valence-electron chi connectivity index (χ4n) is 3.18. The van der Waals surface area contributed by atoms with E-state index in [0.29, 0.717) is 12.5 Å². The molecule has 2 rings (SSSR count). The van der Waals surface area contributed by atoms with Gasteiger partial charge in [-0.05, 0) is 25.7 Å². The molecule has 1 unspecified atom stereocenters. The van der Waals surface area contributed by atoms with Gasteiger partial charge >= 0.3 is 0 Å². The van der Waals surface area contributed by atoms with E-state index in [1.165, 1.54) is 33.5 Å². The number of hydrogen-bond acceptors (Lipinski definition) is 5. The highest BCUT2D eigenvalue weighted by molar-refractivity contribution is 7.89. The fraction of sp³-hybridized carbons (Fsp3) is 0.688. The summed E-state index contributed by atoms with van der Waals surface area (Å²) in [6.45, 7) is 1.90. The molecule has 1 aromatic heterocycles. The second-order valence-electron chi connectivity index (χ2n) is 6.53. The Morgan fingerprint density at radius 2 is 1.96 bits per heavy atom. The smallest absolute Gasteiger partial charge is 0.287 e. The molecular weight excluding hydrogens is 366 g/mol. The van der Waals surface area contributed by atoms with Crippen LogP contribution in [0.1, 0.15) is 48.4 Å². The zero-order valence-corrected chi connectivity index (χ0v) is 16.6. The first-order valence-corrected chi connectivity index (χ1v) is 9.75. The molecule has 144 valence electrons. The van der Waals surface area contributed by atoms with Crippen LogP contribution in [0.3, 0.4) is 0 Å². The van der Waals surface area contributed by atoms with Crippen LogP contribution in [-0.4, -0.2) is 45.3 Å². The van der Waals surface area contributed by atoms with E-state index in [2.05, 4.69) is 5.32 Å². The van der Waals surface area contributed by atoms with Crippen molar-refractivity contribution < 1.29 is 17.6 Å². The fourth-order valence-corrected chi connectivity index (χ4v) is 4.23. The van der Waals surface area contributed by atoms with Crippen LogP contribution in [-0.2, 0) is 10.0 Å². The summed E-state index contributed by atoms with van der Waals surface area (Å²) in [5.74, 6) is 0.158. The molecule has 1 aliphatic carbocycles. The number of amides is 1. The number of carbonyl (C=O) groups is 1. The minimum absolute atomic E-state index is 0. The number of rotatable bonds is 6. The second kappa shape index (κ2) is 9.02. The second-order valence-corrected chi connectivity index (χ2v) is 8.65. The van der Waals surface area contributed by atoms with E-state index in [-0.39, 0.29) is 34.9 Å². The molecule has 0 saturated heterocycles. The van der Waals surface area contributed by atoms with Crippen LogP contribution in [0.25, 0.3) is 0 Å². The highest BCUT2D eigenvalue weighted by Gasteiger charge is 2.28. The zero-order chi connectivity index (χ0) is 17.9. The van der Waals surface area contributed by atoms with Gasteiger partial charge in [0, 0.05) is 32.7 Å². The molecule has 7 nitrogen and oxygen atoms in total. The molecule has 25 heavy (non-hydrogen) atoms. The van der Waals surface area contributed by atoms with Crippen molar-refractivity contribution in [3.63, 3.8) is 0 Å². The van der Waals surface area contributed by atoms with Crippen molar-refractivity contribution in [1.82, 2.24) is 9.62 Å². The molecule has 0 aromatic carbocycles. The van der Waals surface area contributed by atoms with Gasteiger partial charge in [-0.25, -0.2) is 12.7 Å². The third-order valence-electron chi connectivity index (χ3n) is 4.64. The van der Waals surface area contributed by atoms with E-state index in [1.807, 2.05) is 0 Å². The first kappa shape index (κ1) is 22.0. The number of nitrogens with zero attached hydrogens (tertiary/aromatic N) is 1. The molecule has 1 amide bonds. The number of nitrogens with one attached hydrogen (secondary N) is 1. The van der Waals surface area contributed by atoms with Gasteiger partial charge in [0.25, 0.3) is 5.91 Å². The first-order chi connectivity index (χ1) is 11.3. The highest BCUT2D eigenvalue weighted by atomic mass is 35.5. The van der Waals surface area contributed by atoms with Crippen LogP contribution < -0.4 is 11.1 Å². The summed E-state index contributed by atoms with van der Waals surface area (Å²) >= 11 is 0. The van der Waals surface area contributed by atoms with Crippen LogP contribution in [0.5, 0.6) is 0 Å². The molecule has 1 saturated carbocycles. The maximum absolute atomic E-state index is 12.5. The number of nitrogens with two attached hydrogens (primary N) is 1. The van der Waals surface area contributed by atoms with Crippen molar-refractivity contribution in [1.29, 1.82) is 0 Å². The van der Waals surface area contributed by atoms with Crippen molar-refractivity contribution in [3.05, 3.63) is 17.6 Å². The van der Waals surface area contributed by atoms with Gasteiger partial charge in [-0.3, -0.25) is 4.79 Å². The van der Waals surface area contributed by atoms with E-state index in [9.17, 15) is 13.2 Å². The molecule has 3 N–H and O–H groups in total. The molecule has 0 radical (unpaired) electrons. The Labute approximate surface area is 155 Å². The standard InChI is InChI=1S/C16H27N3O4S.ClH/c1-11-15(24(21,22)19(2)3)9-14(23-11)16(20)18-13(10-17)12-7-5-4-6-8-12;/h9,12-13H,4-8,10,17H2,1-3H3,(H,18,20);1H. The summed E-state index contributed by atoms with van der Waals surface area (Å²) in [6, 6.07) is 1.17. The Kier molecular flexibility index (Phi) is 7.92. The minimum Gasteiger partial charge on any atom is -0.455 e. The minimum atomic E-state index is -3.64. The molecule has 9 heteroatoms. The number of halogens is 1. The zero-order valence-electron chi connectivity index (χ0n) is 14.9. The Balaban J connectivity index is 0.00000312. The number of furan rings is 1.